The average molecular weight is 208 g/mol. The number of aliphatic hydroxyl groups excluding tert-OH is 1. The van der Waals surface area contributed by atoms with Gasteiger partial charge in [-0.05, 0) is 0 Å². The Balaban J connectivity index is 2.17. The van der Waals surface area contributed by atoms with Gasteiger partial charge in [0.25, 0.3) is 0 Å². The third-order valence-corrected chi connectivity index (χ3v) is 6.74. The highest BCUT2D eigenvalue weighted by molar-refractivity contribution is 6.91. The molecular formula is C11H16O2Si. The average Bonchev–Trinajstić information content (AvgIpc) is 2.98. The van der Waals surface area contributed by atoms with Crippen LogP contribution < -0.4 is 5.19 Å². The Morgan fingerprint density at radius 2 is 1.93 bits per heavy atom. The first kappa shape index (κ1) is 9.89. The van der Waals surface area contributed by atoms with Gasteiger partial charge in [0.05, 0.1) is 12.3 Å². The molecule has 0 unspecified atom stereocenters. The van der Waals surface area contributed by atoms with E-state index in [9.17, 15) is 0 Å². The van der Waals surface area contributed by atoms with Gasteiger partial charge >= 0.3 is 0 Å². The van der Waals surface area contributed by atoms with Crippen LogP contribution in [0.1, 0.15) is 0 Å². The number of ether oxygens (including phenoxy) is 1. The van der Waals surface area contributed by atoms with Gasteiger partial charge in [0, 0.05) is 0 Å². The van der Waals surface area contributed by atoms with Crippen molar-refractivity contribution in [1.82, 2.24) is 0 Å². The minimum absolute atomic E-state index is 0.0943. The second-order valence-corrected chi connectivity index (χ2v) is 8.96. The van der Waals surface area contributed by atoms with Gasteiger partial charge in [-0.25, -0.2) is 0 Å². The predicted molar refractivity (Wildman–Crippen MR) is 59.3 cm³/mol. The quantitative estimate of drug-likeness (QED) is 0.591. The Kier molecular flexibility index (Phi) is 2.47. The zero-order valence-corrected chi connectivity index (χ0v) is 9.60. The lowest BCUT2D eigenvalue weighted by atomic mass is 10.4. The van der Waals surface area contributed by atoms with Crippen LogP contribution in [-0.4, -0.2) is 31.6 Å². The highest BCUT2D eigenvalue weighted by Gasteiger charge is 2.51. The van der Waals surface area contributed by atoms with E-state index >= 15 is 0 Å². The number of benzene rings is 1. The van der Waals surface area contributed by atoms with Crippen LogP contribution in [0.5, 0.6) is 0 Å². The van der Waals surface area contributed by atoms with Gasteiger partial charge in [-0.3, -0.25) is 0 Å². The van der Waals surface area contributed by atoms with Crippen LogP contribution in [0.2, 0.25) is 13.1 Å². The fourth-order valence-electron chi connectivity index (χ4n) is 1.95. The molecule has 2 nitrogen and oxygen atoms in total. The summed E-state index contributed by atoms with van der Waals surface area (Å²) in [6.45, 7) is 4.75. The Hall–Kier alpha value is -0.643. The first-order valence-corrected chi connectivity index (χ1v) is 8.06. The molecule has 0 radical (unpaired) electrons. The maximum atomic E-state index is 8.98. The van der Waals surface area contributed by atoms with E-state index in [0.29, 0.717) is 5.73 Å². The zero-order chi connectivity index (χ0) is 10.2. The summed E-state index contributed by atoms with van der Waals surface area (Å²) >= 11 is 0. The van der Waals surface area contributed by atoms with Crippen LogP contribution in [0.25, 0.3) is 0 Å². The van der Waals surface area contributed by atoms with Crippen LogP contribution in [0.15, 0.2) is 30.3 Å². The van der Waals surface area contributed by atoms with E-state index in [2.05, 4.69) is 37.4 Å². The van der Waals surface area contributed by atoms with E-state index < -0.39 is 8.07 Å². The molecule has 1 aliphatic heterocycles. The van der Waals surface area contributed by atoms with Crippen LogP contribution >= 0.6 is 0 Å². The van der Waals surface area contributed by atoms with Crippen molar-refractivity contribution < 1.29 is 9.84 Å². The number of hydrogen-bond acceptors (Lipinski definition) is 2. The standard InChI is InChI=1S/C11H16O2Si/c1-14(2,11-10(8-12)13-11)9-6-4-3-5-7-9/h3-7,10-12H,8H2,1-2H3/t10-,11-/m1/s1. The third-order valence-electron chi connectivity index (χ3n) is 2.99. The van der Waals surface area contributed by atoms with E-state index in [-0.39, 0.29) is 12.7 Å². The molecule has 76 valence electrons. The molecule has 2 rings (SSSR count). The van der Waals surface area contributed by atoms with Gasteiger partial charge in [-0.15, -0.1) is 0 Å². The number of aliphatic hydroxyl groups is 1. The molecule has 1 saturated heterocycles. The van der Waals surface area contributed by atoms with E-state index in [1.807, 2.05) is 6.07 Å². The minimum Gasteiger partial charge on any atom is -0.394 e. The summed E-state index contributed by atoms with van der Waals surface area (Å²) in [5.41, 5.74) is 0.301. The molecule has 1 aromatic carbocycles. The van der Waals surface area contributed by atoms with Crippen molar-refractivity contribution in [2.45, 2.75) is 24.9 Å². The summed E-state index contributed by atoms with van der Waals surface area (Å²) in [5.74, 6) is 0. The van der Waals surface area contributed by atoms with Crippen LogP contribution in [0.3, 0.4) is 0 Å². The van der Waals surface area contributed by atoms with Gasteiger partial charge in [-0.1, -0.05) is 48.6 Å². The van der Waals surface area contributed by atoms with Crippen LogP contribution in [0, 0.1) is 0 Å². The highest BCUT2D eigenvalue weighted by Crippen LogP contribution is 2.30. The summed E-state index contributed by atoms with van der Waals surface area (Å²) in [7, 11) is -1.51. The molecule has 0 bridgehead atoms. The fourth-order valence-corrected chi connectivity index (χ4v) is 4.88. The molecule has 1 fully saturated rings. The third kappa shape index (κ3) is 1.63. The molecule has 2 atom stereocenters. The van der Waals surface area contributed by atoms with Gasteiger partial charge in [-0.2, -0.15) is 0 Å². The van der Waals surface area contributed by atoms with E-state index in [1.54, 1.807) is 0 Å². The summed E-state index contributed by atoms with van der Waals surface area (Å²) in [5, 5.41) is 10.4. The molecule has 0 aromatic heterocycles. The van der Waals surface area contributed by atoms with Gasteiger partial charge in [0.15, 0.2) is 0 Å². The molecular weight excluding hydrogens is 192 g/mol. The Morgan fingerprint density at radius 1 is 1.29 bits per heavy atom. The molecule has 1 heterocycles. The van der Waals surface area contributed by atoms with Crippen molar-refractivity contribution in [2.75, 3.05) is 6.61 Å². The second kappa shape index (κ2) is 3.49. The Bertz CT molecular complexity index is 310. The normalized spacial score (nSPS) is 26.2. The smallest absolute Gasteiger partial charge is 0.117 e. The van der Waals surface area contributed by atoms with Gasteiger partial charge < -0.3 is 9.84 Å². The Morgan fingerprint density at radius 3 is 2.43 bits per heavy atom. The predicted octanol–water partition coefficient (Wildman–Crippen LogP) is 0.901. The van der Waals surface area contributed by atoms with E-state index in [4.69, 9.17) is 9.84 Å². The number of rotatable bonds is 3. The zero-order valence-electron chi connectivity index (χ0n) is 8.60. The van der Waals surface area contributed by atoms with Crippen LogP contribution in [0.4, 0.5) is 0 Å². The van der Waals surface area contributed by atoms with Crippen molar-refractivity contribution >= 4 is 13.3 Å². The van der Waals surface area contributed by atoms with Crippen molar-refractivity contribution in [3.63, 3.8) is 0 Å². The molecule has 1 aromatic rings. The molecule has 0 saturated carbocycles. The van der Waals surface area contributed by atoms with E-state index in [1.165, 1.54) is 5.19 Å². The lowest BCUT2D eigenvalue weighted by Gasteiger charge is -2.20. The lowest BCUT2D eigenvalue weighted by Crippen LogP contribution is -2.48. The van der Waals surface area contributed by atoms with E-state index in [0.717, 1.165) is 0 Å². The maximum Gasteiger partial charge on any atom is 0.117 e. The highest BCUT2D eigenvalue weighted by atomic mass is 28.3. The van der Waals surface area contributed by atoms with Crippen molar-refractivity contribution in [2.24, 2.45) is 0 Å². The van der Waals surface area contributed by atoms with Crippen molar-refractivity contribution in [1.29, 1.82) is 0 Å². The number of hydrogen-bond donors (Lipinski definition) is 1. The summed E-state index contributed by atoms with van der Waals surface area (Å²) in [4.78, 5) is 0. The first-order valence-electron chi connectivity index (χ1n) is 4.98. The molecule has 0 spiro atoms. The molecule has 14 heavy (non-hydrogen) atoms. The van der Waals surface area contributed by atoms with Gasteiger partial charge in [0.1, 0.15) is 14.2 Å². The summed E-state index contributed by atoms with van der Waals surface area (Å²) in [6, 6.07) is 10.5. The van der Waals surface area contributed by atoms with Crippen LogP contribution in [-0.2, 0) is 4.74 Å². The topological polar surface area (TPSA) is 32.8 Å². The maximum absolute atomic E-state index is 8.98. The molecule has 1 N–H and O–H groups in total. The summed E-state index contributed by atoms with van der Waals surface area (Å²) in [6.07, 6.45) is 0.0943. The Labute approximate surface area is 85.5 Å². The van der Waals surface area contributed by atoms with Crippen molar-refractivity contribution in [3.8, 4) is 0 Å². The van der Waals surface area contributed by atoms with Gasteiger partial charge in [0.2, 0.25) is 0 Å². The number of epoxide rings is 1. The lowest BCUT2D eigenvalue weighted by molar-refractivity contribution is 0.243. The first-order chi connectivity index (χ1) is 6.66. The SMILES string of the molecule is C[Si](C)(c1ccccc1)[C@H]1O[C@@H]1CO. The molecule has 0 amide bonds. The summed E-state index contributed by atoms with van der Waals surface area (Å²) < 4.78 is 5.50. The monoisotopic (exact) mass is 208 g/mol. The molecule has 0 aliphatic carbocycles. The van der Waals surface area contributed by atoms with Crippen molar-refractivity contribution in [3.05, 3.63) is 30.3 Å². The minimum atomic E-state index is -1.51. The fraction of sp³-hybridized carbons (Fsp3) is 0.455. The molecule has 1 aliphatic rings. The largest absolute Gasteiger partial charge is 0.394 e. The second-order valence-electron chi connectivity index (χ2n) is 4.37. The molecule has 3 heteroatoms.